The minimum atomic E-state index is -1.65. The lowest BCUT2D eigenvalue weighted by Gasteiger charge is -2.44. The molecule has 0 saturated carbocycles. The van der Waals surface area contributed by atoms with E-state index in [4.69, 9.17) is 14.2 Å². The molecule has 9 unspecified atom stereocenters. The molecule has 146 valence electrons. The van der Waals surface area contributed by atoms with E-state index in [1.807, 2.05) is 6.92 Å². The number of aliphatic hydroxyl groups excluding tert-OH is 6. The van der Waals surface area contributed by atoms with Crippen LogP contribution in [0.15, 0.2) is 0 Å². The highest BCUT2D eigenvalue weighted by molar-refractivity contribution is 4.91. The first kappa shape index (κ1) is 23.6. The van der Waals surface area contributed by atoms with Crippen LogP contribution in [0.5, 0.6) is 0 Å². The summed E-state index contributed by atoms with van der Waals surface area (Å²) in [5.74, 6) is 0. The summed E-state index contributed by atoms with van der Waals surface area (Å²) in [6.45, 7) is 1.27. The molecule has 2 rings (SSSR count). The van der Waals surface area contributed by atoms with Gasteiger partial charge in [-0.25, -0.2) is 0 Å². The van der Waals surface area contributed by atoms with Crippen molar-refractivity contribution in [2.75, 3.05) is 6.61 Å². The summed E-state index contributed by atoms with van der Waals surface area (Å²) in [5.41, 5.74) is 0. The number of hydrogen-bond acceptors (Lipinski definition) is 9. The summed E-state index contributed by atoms with van der Waals surface area (Å²) in [5, 5.41) is 58.1. The second kappa shape index (κ2) is 9.89. The first-order chi connectivity index (χ1) is 10.4. The third-order valence-corrected chi connectivity index (χ3v) is 4.09. The Kier molecular flexibility index (Phi) is 9.71. The second-order valence-electron chi connectivity index (χ2n) is 5.66. The van der Waals surface area contributed by atoms with Gasteiger partial charge in [0.05, 0.1) is 18.8 Å². The largest absolute Gasteiger partial charge is 0.412 e. The molecule has 0 radical (unpaired) electrons. The minimum absolute atomic E-state index is 0. The maximum Gasteiger partial charge on any atom is 0.186 e. The number of ether oxygens (including phenoxy) is 3. The van der Waals surface area contributed by atoms with E-state index in [1.165, 1.54) is 0 Å². The van der Waals surface area contributed by atoms with Crippen molar-refractivity contribution >= 4 is 0 Å². The van der Waals surface area contributed by atoms with Crippen LogP contribution in [-0.4, -0.2) is 104 Å². The molecule has 2 aliphatic rings. The van der Waals surface area contributed by atoms with Crippen molar-refractivity contribution in [1.82, 2.24) is 0 Å². The van der Waals surface area contributed by atoms with Crippen molar-refractivity contribution in [1.29, 1.82) is 0 Å². The first-order valence-electron chi connectivity index (χ1n) is 7.36. The highest BCUT2D eigenvalue weighted by atomic mass is 16.7. The smallest absolute Gasteiger partial charge is 0.186 e. The summed E-state index contributed by atoms with van der Waals surface area (Å²) in [4.78, 5) is 0. The number of aliphatic hydroxyl groups is 6. The second-order valence-corrected chi connectivity index (χ2v) is 5.66. The normalized spacial score (nSPS) is 45.9. The molecule has 2 aliphatic heterocycles. The molecule has 0 bridgehead atoms. The summed E-state index contributed by atoms with van der Waals surface area (Å²) >= 11 is 0. The van der Waals surface area contributed by atoms with Gasteiger partial charge in [0.2, 0.25) is 0 Å². The predicted molar refractivity (Wildman–Crippen MR) is 77.7 cm³/mol. The van der Waals surface area contributed by atoms with E-state index in [0.717, 1.165) is 0 Å². The number of rotatable bonds is 4. The van der Waals surface area contributed by atoms with Crippen LogP contribution in [0.25, 0.3) is 0 Å². The predicted octanol–water partition coefficient (Wildman–Crippen LogP) is -4.60. The van der Waals surface area contributed by atoms with Gasteiger partial charge in [0.1, 0.15) is 30.5 Å². The van der Waals surface area contributed by atoms with Crippen molar-refractivity contribution in [3.63, 3.8) is 0 Å². The van der Waals surface area contributed by atoms with Gasteiger partial charge in [-0.3, -0.25) is 0 Å². The Hall–Kier alpha value is -0.440. The van der Waals surface area contributed by atoms with Crippen LogP contribution in [0, 0.1) is 0 Å². The van der Waals surface area contributed by atoms with Gasteiger partial charge >= 0.3 is 0 Å². The molecule has 10 N–H and O–H groups in total. The van der Waals surface area contributed by atoms with Gasteiger partial charge in [-0.1, -0.05) is 6.92 Å². The lowest BCUT2D eigenvalue weighted by Crippen LogP contribution is -2.62. The van der Waals surface area contributed by atoms with Gasteiger partial charge < -0.3 is 55.8 Å². The fraction of sp³-hybridized carbons (Fsp3) is 1.00. The zero-order valence-electron chi connectivity index (χ0n) is 13.2. The van der Waals surface area contributed by atoms with E-state index >= 15 is 0 Å². The van der Waals surface area contributed by atoms with E-state index in [-0.39, 0.29) is 23.5 Å². The van der Waals surface area contributed by atoms with Crippen LogP contribution >= 0.6 is 0 Å². The molecule has 0 aliphatic carbocycles. The molecule has 2 heterocycles. The van der Waals surface area contributed by atoms with Crippen LogP contribution < -0.4 is 0 Å². The first-order valence-corrected chi connectivity index (χ1v) is 7.36. The lowest BCUT2D eigenvalue weighted by molar-refractivity contribution is -0.343. The standard InChI is InChI=1S/C13H24O9.2H2O/c1-2-5-3-6(15)8(16)13(20-5)22-11-7(4-14)21-12(19)10(18)9(11)17;;/h5-19H,2-4H2,1H3;2*1H2. The SMILES string of the molecule is CCC1CC(O)C(O)C(OC2C(CO)OC(O)C(O)C2O)O1.O.O. The molecule has 0 aromatic rings. The Morgan fingerprint density at radius 3 is 2.12 bits per heavy atom. The highest BCUT2D eigenvalue weighted by Gasteiger charge is 2.47. The average molecular weight is 360 g/mol. The Bertz CT molecular complexity index is 355. The zero-order valence-corrected chi connectivity index (χ0v) is 13.2. The van der Waals surface area contributed by atoms with Crippen molar-refractivity contribution in [2.45, 2.75) is 75.1 Å². The van der Waals surface area contributed by atoms with E-state index in [2.05, 4.69) is 0 Å². The van der Waals surface area contributed by atoms with Gasteiger partial charge in [-0.2, -0.15) is 0 Å². The van der Waals surface area contributed by atoms with Crippen LogP contribution in [0.1, 0.15) is 19.8 Å². The highest BCUT2D eigenvalue weighted by Crippen LogP contribution is 2.28. The summed E-state index contributed by atoms with van der Waals surface area (Å²) in [6, 6.07) is 0. The molecule has 2 saturated heterocycles. The third kappa shape index (κ3) is 4.80. The van der Waals surface area contributed by atoms with Gasteiger partial charge in [0, 0.05) is 6.42 Å². The topological polar surface area (TPSA) is 212 Å². The van der Waals surface area contributed by atoms with Crippen LogP contribution in [0.4, 0.5) is 0 Å². The van der Waals surface area contributed by atoms with E-state index in [0.29, 0.717) is 6.42 Å². The van der Waals surface area contributed by atoms with Crippen LogP contribution in [0.2, 0.25) is 0 Å². The molecule has 11 nitrogen and oxygen atoms in total. The molecule has 9 atom stereocenters. The molecule has 11 heteroatoms. The molecular weight excluding hydrogens is 332 g/mol. The Balaban J connectivity index is 0.00000264. The van der Waals surface area contributed by atoms with Crippen molar-refractivity contribution in [3.05, 3.63) is 0 Å². The average Bonchev–Trinajstić information content (AvgIpc) is 2.51. The maximum atomic E-state index is 9.99. The van der Waals surface area contributed by atoms with Gasteiger partial charge in [0.15, 0.2) is 12.6 Å². The molecule has 0 aromatic heterocycles. The van der Waals surface area contributed by atoms with Crippen LogP contribution in [0.3, 0.4) is 0 Å². The minimum Gasteiger partial charge on any atom is -0.412 e. The van der Waals surface area contributed by atoms with E-state index < -0.39 is 55.8 Å². The number of hydrogen-bond donors (Lipinski definition) is 6. The molecule has 24 heavy (non-hydrogen) atoms. The summed E-state index contributed by atoms with van der Waals surface area (Å²) < 4.78 is 15.9. The Morgan fingerprint density at radius 2 is 1.58 bits per heavy atom. The summed E-state index contributed by atoms with van der Waals surface area (Å²) in [7, 11) is 0. The van der Waals surface area contributed by atoms with Crippen molar-refractivity contribution in [2.24, 2.45) is 0 Å². The van der Waals surface area contributed by atoms with E-state index in [1.54, 1.807) is 0 Å². The molecule has 0 aromatic carbocycles. The quantitative estimate of drug-likeness (QED) is 0.284. The van der Waals surface area contributed by atoms with Crippen molar-refractivity contribution in [3.8, 4) is 0 Å². The fourth-order valence-corrected chi connectivity index (χ4v) is 2.68. The fourth-order valence-electron chi connectivity index (χ4n) is 2.68. The third-order valence-electron chi connectivity index (χ3n) is 4.09. The van der Waals surface area contributed by atoms with Crippen molar-refractivity contribution < 1.29 is 55.8 Å². The van der Waals surface area contributed by atoms with Crippen LogP contribution in [-0.2, 0) is 14.2 Å². The molecule has 0 spiro atoms. The molecule has 0 amide bonds. The molecular formula is C13H28O11. The lowest BCUT2D eigenvalue weighted by atomic mass is 9.97. The van der Waals surface area contributed by atoms with Gasteiger partial charge in [-0.15, -0.1) is 0 Å². The summed E-state index contributed by atoms with van der Waals surface area (Å²) in [6.07, 6.45) is -10.3. The Labute approximate surface area is 138 Å². The van der Waals surface area contributed by atoms with Gasteiger partial charge in [-0.05, 0) is 6.42 Å². The zero-order chi connectivity index (χ0) is 16.4. The Morgan fingerprint density at radius 1 is 0.958 bits per heavy atom. The maximum absolute atomic E-state index is 9.99. The van der Waals surface area contributed by atoms with Gasteiger partial charge in [0.25, 0.3) is 0 Å². The van der Waals surface area contributed by atoms with E-state index in [9.17, 15) is 30.6 Å². The monoisotopic (exact) mass is 360 g/mol. The molecule has 2 fully saturated rings.